The fourth-order valence-electron chi connectivity index (χ4n) is 3.13. The normalized spacial score (nSPS) is 17.5. The second kappa shape index (κ2) is 8.65. The Morgan fingerprint density at radius 1 is 1.21 bits per heavy atom. The maximum absolute atomic E-state index is 12.8. The smallest absolute Gasteiger partial charge is 0.227 e. The third-order valence-electron chi connectivity index (χ3n) is 4.76. The minimum atomic E-state index is -0.248. The van der Waals surface area contributed by atoms with Crippen LogP contribution in [0.1, 0.15) is 55.7 Å². The number of benzene rings is 1. The molecule has 0 spiro atoms. The fourth-order valence-corrected chi connectivity index (χ4v) is 3.13. The van der Waals surface area contributed by atoms with Gasteiger partial charge in [-0.2, -0.15) is 4.98 Å². The Kier molecular flexibility index (Phi) is 6.24. The predicted molar refractivity (Wildman–Crippen MR) is 103 cm³/mol. The zero-order chi connectivity index (χ0) is 20.1. The number of Topliss-reactive ketones (excluding diaryl/α,β-unsaturated/α-hetero) is 1. The van der Waals surface area contributed by atoms with Crippen LogP contribution in [0.5, 0.6) is 0 Å². The van der Waals surface area contributed by atoms with Crippen molar-refractivity contribution in [2.24, 2.45) is 0 Å². The monoisotopic (exact) mass is 385 g/mol. The molecule has 0 saturated carbocycles. The molecule has 0 aliphatic carbocycles. The molecule has 1 unspecified atom stereocenters. The van der Waals surface area contributed by atoms with Gasteiger partial charge in [0.2, 0.25) is 11.8 Å². The number of hydrogen-bond acceptors (Lipinski definition) is 6. The molecule has 1 aliphatic heterocycles. The van der Waals surface area contributed by atoms with Crippen molar-refractivity contribution in [2.45, 2.75) is 51.5 Å². The number of rotatable bonds is 6. The summed E-state index contributed by atoms with van der Waals surface area (Å²) in [4.78, 5) is 31.4. The molecular formula is C21H27N3O4. The largest absolute Gasteiger partial charge is 0.377 e. The van der Waals surface area contributed by atoms with Crippen molar-refractivity contribution >= 4 is 11.7 Å². The van der Waals surface area contributed by atoms with Crippen molar-refractivity contribution < 1.29 is 18.8 Å². The van der Waals surface area contributed by atoms with Crippen LogP contribution < -0.4 is 0 Å². The molecule has 1 aliphatic rings. The summed E-state index contributed by atoms with van der Waals surface area (Å²) in [7, 11) is 0. The van der Waals surface area contributed by atoms with Crippen LogP contribution in [0, 0.1) is 0 Å². The van der Waals surface area contributed by atoms with Gasteiger partial charge in [-0.05, 0) is 0 Å². The van der Waals surface area contributed by atoms with Crippen molar-refractivity contribution in [1.82, 2.24) is 15.0 Å². The third kappa shape index (κ3) is 5.04. The van der Waals surface area contributed by atoms with E-state index >= 15 is 0 Å². The quantitative estimate of drug-likeness (QED) is 0.711. The van der Waals surface area contributed by atoms with E-state index in [0.717, 1.165) is 0 Å². The molecule has 2 aromatic rings. The molecule has 1 saturated heterocycles. The summed E-state index contributed by atoms with van der Waals surface area (Å²) >= 11 is 0. The van der Waals surface area contributed by atoms with Gasteiger partial charge in [0.15, 0.2) is 11.6 Å². The fraction of sp³-hybridized carbons (Fsp3) is 0.524. The van der Waals surface area contributed by atoms with Crippen LogP contribution in [-0.4, -0.2) is 52.5 Å². The van der Waals surface area contributed by atoms with Crippen molar-refractivity contribution in [2.75, 3.05) is 19.8 Å². The van der Waals surface area contributed by atoms with Crippen molar-refractivity contribution in [3.63, 3.8) is 0 Å². The van der Waals surface area contributed by atoms with Crippen molar-refractivity contribution in [1.29, 1.82) is 0 Å². The maximum Gasteiger partial charge on any atom is 0.227 e. The van der Waals surface area contributed by atoms with E-state index in [1.165, 1.54) is 0 Å². The number of carbonyl (C=O) groups is 2. The molecule has 1 atom stereocenters. The molecule has 7 nitrogen and oxygen atoms in total. The lowest BCUT2D eigenvalue weighted by molar-refractivity contribution is -0.139. The number of morpholine rings is 1. The first kappa shape index (κ1) is 20.2. The van der Waals surface area contributed by atoms with Crippen LogP contribution >= 0.6 is 0 Å². The van der Waals surface area contributed by atoms with Gasteiger partial charge in [0.1, 0.15) is 0 Å². The highest BCUT2D eigenvalue weighted by molar-refractivity contribution is 5.96. The van der Waals surface area contributed by atoms with Gasteiger partial charge in [-0.15, -0.1) is 0 Å². The van der Waals surface area contributed by atoms with Crippen LogP contribution in [0.4, 0.5) is 0 Å². The minimum absolute atomic E-state index is 0.0145. The molecule has 1 aromatic carbocycles. The van der Waals surface area contributed by atoms with Gasteiger partial charge in [-0.3, -0.25) is 9.59 Å². The second-order valence-corrected chi connectivity index (χ2v) is 8.07. The first-order chi connectivity index (χ1) is 13.3. The first-order valence-electron chi connectivity index (χ1n) is 9.63. The molecule has 0 N–H and O–H groups in total. The highest BCUT2D eigenvalue weighted by Crippen LogP contribution is 2.20. The van der Waals surface area contributed by atoms with E-state index in [9.17, 15) is 9.59 Å². The summed E-state index contributed by atoms with van der Waals surface area (Å²) in [6, 6.07) is 8.88. The molecule has 1 amide bonds. The van der Waals surface area contributed by atoms with Crippen LogP contribution in [0.15, 0.2) is 34.9 Å². The van der Waals surface area contributed by atoms with E-state index in [1.54, 1.807) is 17.0 Å². The molecule has 1 fully saturated rings. The Morgan fingerprint density at radius 2 is 1.96 bits per heavy atom. The van der Waals surface area contributed by atoms with E-state index < -0.39 is 0 Å². The van der Waals surface area contributed by atoms with Gasteiger partial charge < -0.3 is 14.2 Å². The number of ketones is 1. The zero-order valence-corrected chi connectivity index (χ0v) is 16.7. The Hall–Kier alpha value is -2.54. The molecular weight excluding hydrogens is 358 g/mol. The molecule has 2 heterocycles. The number of aromatic nitrogens is 2. The van der Waals surface area contributed by atoms with Crippen LogP contribution in [-0.2, 0) is 21.4 Å². The van der Waals surface area contributed by atoms with Gasteiger partial charge in [0.25, 0.3) is 0 Å². The maximum atomic E-state index is 12.8. The predicted octanol–water partition coefficient (Wildman–Crippen LogP) is 2.80. The van der Waals surface area contributed by atoms with Crippen molar-refractivity contribution in [3.8, 4) is 0 Å². The number of aryl methyl sites for hydroxylation is 1. The lowest BCUT2D eigenvalue weighted by Crippen LogP contribution is -2.49. The molecule has 0 radical (unpaired) electrons. The number of nitrogens with zero attached hydrogens (tertiary/aromatic N) is 3. The van der Waals surface area contributed by atoms with Crippen LogP contribution in [0.3, 0.4) is 0 Å². The van der Waals surface area contributed by atoms with Crippen LogP contribution in [0.25, 0.3) is 0 Å². The van der Waals surface area contributed by atoms with Gasteiger partial charge in [-0.1, -0.05) is 56.3 Å². The van der Waals surface area contributed by atoms with Gasteiger partial charge in [0.05, 0.1) is 19.3 Å². The zero-order valence-electron chi connectivity index (χ0n) is 16.7. The SMILES string of the molecule is CC(C)(C)c1noc(CCC(=O)N2CCOCC2CC(=O)c2ccccc2)n1. The summed E-state index contributed by atoms with van der Waals surface area (Å²) < 4.78 is 10.8. The number of carbonyl (C=O) groups excluding carboxylic acids is 2. The summed E-state index contributed by atoms with van der Waals surface area (Å²) in [6.07, 6.45) is 0.908. The summed E-state index contributed by atoms with van der Waals surface area (Å²) in [6.45, 7) is 7.37. The van der Waals surface area contributed by atoms with Crippen molar-refractivity contribution in [3.05, 3.63) is 47.6 Å². The van der Waals surface area contributed by atoms with E-state index in [-0.39, 0.29) is 36.0 Å². The Labute approximate surface area is 165 Å². The minimum Gasteiger partial charge on any atom is -0.377 e. The average molecular weight is 385 g/mol. The molecule has 3 rings (SSSR count). The van der Waals surface area contributed by atoms with Gasteiger partial charge in [-0.25, -0.2) is 0 Å². The van der Waals surface area contributed by atoms with Gasteiger partial charge >= 0.3 is 0 Å². The third-order valence-corrected chi connectivity index (χ3v) is 4.76. The molecule has 28 heavy (non-hydrogen) atoms. The lowest BCUT2D eigenvalue weighted by Gasteiger charge is -2.35. The molecule has 7 heteroatoms. The first-order valence-corrected chi connectivity index (χ1v) is 9.63. The van der Waals surface area contributed by atoms with Gasteiger partial charge in [0, 0.05) is 36.8 Å². The number of amides is 1. The van der Waals surface area contributed by atoms with E-state index in [1.807, 2.05) is 39.0 Å². The summed E-state index contributed by atoms with van der Waals surface area (Å²) in [5.41, 5.74) is 0.458. The van der Waals surface area contributed by atoms with E-state index in [2.05, 4.69) is 10.1 Å². The lowest BCUT2D eigenvalue weighted by atomic mass is 9.96. The summed E-state index contributed by atoms with van der Waals surface area (Å²) in [5.74, 6) is 1.08. The summed E-state index contributed by atoms with van der Waals surface area (Å²) in [5, 5.41) is 3.99. The van der Waals surface area contributed by atoms with Crippen LogP contribution in [0.2, 0.25) is 0 Å². The standard InChI is InChI=1S/C21H27N3O4/c1-21(2,3)20-22-18(28-23-20)9-10-19(26)24-11-12-27-14-16(24)13-17(25)15-7-5-4-6-8-15/h4-8,16H,9-14H2,1-3H3. The van der Waals surface area contributed by atoms with E-state index in [0.29, 0.717) is 43.5 Å². The second-order valence-electron chi connectivity index (χ2n) is 8.07. The molecule has 0 bridgehead atoms. The van der Waals surface area contributed by atoms with E-state index in [4.69, 9.17) is 9.26 Å². The highest BCUT2D eigenvalue weighted by Gasteiger charge is 2.29. The molecule has 1 aromatic heterocycles. The molecule has 150 valence electrons. The average Bonchev–Trinajstić information content (AvgIpc) is 3.17. The Balaban J connectivity index is 1.59. The Morgan fingerprint density at radius 3 is 2.64 bits per heavy atom. The Bertz CT molecular complexity index is 811. The number of hydrogen-bond donors (Lipinski definition) is 0. The number of ether oxygens (including phenoxy) is 1. The topological polar surface area (TPSA) is 85.5 Å². The highest BCUT2D eigenvalue weighted by atomic mass is 16.5.